The summed E-state index contributed by atoms with van der Waals surface area (Å²) in [5, 5.41) is 1.79. The molecule has 13 heavy (non-hydrogen) atoms. The number of halogens is 1. The van der Waals surface area contributed by atoms with Gasteiger partial charge in [-0.05, 0) is 12.5 Å². The van der Waals surface area contributed by atoms with Gasteiger partial charge in [0.15, 0.2) is 0 Å². The topological polar surface area (TPSA) is 20.3 Å². The van der Waals surface area contributed by atoms with Crippen molar-refractivity contribution in [3.05, 3.63) is 21.3 Å². The number of rotatable bonds is 3. The number of hydrogen-bond acceptors (Lipinski definition) is 2. The average molecular weight is 218 g/mol. The molecule has 1 aromatic heterocycles. The lowest BCUT2D eigenvalue weighted by Crippen LogP contribution is -2.26. The molecule has 0 fully saturated rings. The van der Waals surface area contributed by atoms with Gasteiger partial charge in [-0.2, -0.15) is 0 Å². The molecule has 0 saturated carbocycles. The first-order chi connectivity index (χ1) is 6.15. The fourth-order valence-electron chi connectivity index (χ4n) is 1.08. The van der Waals surface area contributed by atoms with Crippen molar-refractivity contribution < 1.29 is 4.79 Å². The first-order valence-electron chi connectivity index (χ1n) is 4.14. The van der Waals surface area contributed by atoms with Crippen molar-refractivity contribution in [3.8, 4) is 0 Å². The van der Waals surface area contributed by atoms with Crippen molar-refractivity contribution in [2.75, 3.05) is 13.6 Å². The van der Waals surface area contributed by atoms with E-state index in [1.54, 1.807) is 23.4 Å². The van der Waals surface area contributed by atoms with E-state index in [9.17, 15) is 4.79 Å². The van der Waals surface area contributed by atoms with E-state index in [0.29, 0.717) is 9.90 Å². The fourth-order valence-corrected chi connectivity index (χ4v) is 1.93. The normalized spacial score (nSPS) is 10.1. The molecule has 1 amide bonds. The van der Waals surface area contributed by atoms with Crippen LogP contribution < -0.4 is 0 Å². The van der Waals surface area contributed by atoms with Gasteiger partial charge in [0, 0.05) is 19.0 Å². The molecule has 0 atom stereocenters. The summed E-state index contributed by atoms with van der Waals surface area (Å²) in [4.78, 5) is 13.3. The average Bonchev–Trinajstić information content (AvgIpc) is 2.51. The molecule has 1 aromatic rings. The SMILES string of the molecule is CCCN(C)C(=O)c1csc(Cl)c1. The molecule has 0 aliphatic heterocycles. The number of amides is 1. The van der Waals surface area contributed by atoms with E-state index in [1.165, 1.54) is 11.3 Å². The Bertz CT molecular complexity index is 298. The van der Waals surface area contributed by atoms with Crippen LogP contribution >= 0.6 is 22.9 Å². The number of carbonyl (C=O) groups excluding carboxylic acids is 1. The van der Waals surface area contributed by atoms with E-state index in [1.807, 2.05) is 6.92 Å². The molecule has 0 aliphatic rings. The first-order valence-corrected chi connectivity index (χ1v) is 5.40. The van der Waals surface area contributed by atoms with Crippen molar-refractivity contribution in [2.45, 2.75) is 13.3 Å². The first kappa shape index (κ1) is 10.5. The zero-order chi connectivity index (χ0) is 9.84. The fraction of sp³-hybridized carbons (Fsp3) is 0.444. The Kier molecular flexibility index (Phi) is 3.75. The van der Waals surface area contributed by atoms with Gasteiger partial charge in [-0.25, -0.2) is 0 Å². The highest BCUT2D eigenvalue weighted by atomic mass is 35.5. The van der Waals surface area contributed by atoms with Crippen molar-refractivity contribution in [3.63, 3.8) is 0 Å². The molecule has 0 unspecified atom stereocenters. The maximum absolute atomic E-state index is 11.6. The predicted molar refractivity (Wildman–Crippen MR) is 56.6 cm³/mol. The van der Waals surface area contributed by atoms with Crippen LogP contribution in [0, 0.1) is 0 Å². The van der Waals surface area contributed by atoms with Gasteiger partial charge in [-0.3, -0.25) is 4.79 Å². The molecule has 0 radical (unpaired) electrons. The molecule has 72 valence electrons. The van der Waals surface area contributed by atoms with Crippen LogP contribution in [0.5, 0.6) is 0 Å². The highest BCUT2D eigenvalue weighted by Crippen LogP contribution is 2.20. The minimum atomic E-state index is 0.0463. The van der Waals surface area contributed by atoms with Gasteiger partial charge in [0.05, 0.1) is 9.90 Å². The molecule has 2 nitrogen and oxygen atoms in total. The summed E-state index contributed by atoms with van der Waals surface area (Å²) in [6.45, 7) is 2.83. The van der Waals surface area contributed by atoms with Crippen molar-refractivity contribution in [1.82, 2.24) is 4.90 Å². The van der Waals surface area contributed by atoms with Crippen LogP contribution in [0.15, 0.2) is 11.4 Å². The van der Waals surface area contributed by atoms with Crippen LogP contribution in [0.3, 0.4) is 0 Å². The Balaban J connectivity index is 2.67. The van der Waals surface area contributed by atoms with Gasteiger partial charge in [-0.1, -0.05) is 18.5 Å². The highest BCUT2D eigenvalue weighted by molar-refractivity contribution is 7.14. The van der Waals surface area contributed by atoms with E-state index in [2.05, 4.69) is 0 Å². The second-order valence-electron chi connectivity index (χ2n) is 2.87. The van der Waals surface area contributed by atoms with Crippen LogP contribution in [-0.4, -0.2) is 24.4 Å². The monoisotopic (exact) mass is 217 g/mol. The third-order valence-electron chi connectivity index (χ3n) is 1.72. The summed E-state index contributed by atoms with van der Waals surface area (Å²) in [6.07, 6.45) is 0.972. The van der Waals surface area contributed by atoms with Gasteiger partial charge in [0.2, 0.25) is 0 Å². The van der Waals surface area contributed by atoms with Gasteiger partial charge >= 0.3 is 0 Å². The molecule has 0 saturated heterocycles. The molecule has 0 bridgehead atoms. The Morgan fingerprint density at radius 2 is 2.38 bits per heavy atom. The Morgan fingerprint density at radius 1 is 1.69 bits per heavy atom. The smallest absolute Gasteiger partial charge is 0.254 e. The van der Waals surface area contributed by atoms with E-state index in [-0.39, 0.29) is 5.91 Å². The maximum atomic E-state index is 11.6. The quantitative estimate of drug-likeness (QED) is 0.763. The largest absolute Gasteiger partial charge is 0.342 e. The molecule has 0 aromatic carbocycles. The molecular formula is C9H12ClNOS. The van der Waals surface area contributed by atoms with Crippen molar-refractivity contribution >= 4 is 28.8 Å². The summed E-state index contributed by atoms with van der Waals surface area (Å²) in [6, 6.07) is 1.71. The predicted octanol–water partition coefficient (Wildman–Crippen LogP) is 2.88. The zero-order valence-electron chi connectivity index (χ0n) is 7.71. The van der Waals surface area contributed by atoms with Gasteiger partial charge in [0.1, 0.15) is 0 Å². The molecule has 4 heteroatoms. The second kappa shape index (κ2) is 4.63. The second-order valence-corrected chi connectivity index (χ2v) is 4.41. The standard InChI is InChI=1S/C9H12ClNOS/c1-3-4-11(2)9(12)7-5-8(10)13-6-7/h5-6H,3-4H2,1-2H3. The lowest BCUT2D eigenvalue weighted by Gasteiger charge is -2.14. The van der Waals surface area contributed by atoms with Crippen LogP contribution in [0.1, 0.15) is 23.7 Å². The Morgan fingerprint density at radius 3 is 2.85 bits per heavy atom. The lowest BCUT2D eigenvalue weighted by molar-refractivity contribution is 0.0795. The van der Waals surface area contributed by atoms with Gasteiger partial charge < -0.3 is 4.90 Å². The van der Waals surface area contributed by atoms with E-state index in [0.717, 1.165) is 13.0 Å². The van der Waals surface area contributed by atoms with Crippen molar-refractivity contribution in [2.24, 2.45) is 0 Å². The number of carbonyl (C=O) groups is 1. The van der Waals surface area contributed by atoms with Crippen LogP contribution in [0.25, 0.3) is 0 Å². The molecular weight excluding hydrogens is 206 g/mol. The summed E-state index contributed by atoms with van der Waals surface area (Å²) in [5.74, 6) is 0.0463. The van der Waals surface area contributed by atoms with E-state index >= 15 is 0 Å². The van der Waals surface area contributed by atoms with Crippen molar-refractivity contribution in [1.29, 1.82) is 0 Å². The number of nitrogens with zero attached hydrogens (tertiary/aromatic N) is 1. The van der Waals surface area contributed by atoms with Crippen LogP contribution in [0.4, 0.5) is 0 Å². The summed E-state index contributed by atoms with van der Waals surface area (Å²) in [7, 11) is 1.80. The summed E-state index contributed by atoms with van der Waals surface area (Å²) in [5.41, 5.74) is 0.686. The molecule has 1 rings (SSSR count). The highest BCUT2D eigenvalue weighted by Gasteiger charge is 2.11. The van der Waals surface area contributed by atoms with Crippen LogP contribution in [0.2, 0.25) is 4.34 Å². The minimum absolute atomic E-state index is 0.0463. The molecule has 0 spiro atoms. The summed E-state index contributed by atoms with van der Waals surface area (Å²) >= 11 is 7.12. The summed E-state index contributed by atoms with van der Waals surface area (Å²) < 4.78 is 0.660. The Labute approximate surface area is 87.1 Å². The van der Waals surface area contributed by atoms with Crippen LogP contribution in [-0.2, 0) is 0 Å². The maximum Gasteiger partial charge on any atom is 0.254 e. The third-order valence-corrected chi connectivity index (χ3v) is 2.81. The molecule has 0 N–H and O–H groups in total. The van der Waals surface area contributed by atoms with E-state index < -0.39 is 0 Å². The molecule has 0 aliphatic carbocycles. The minimum Gasteiger partial charge on any atom is -0.342 e. The number of thiophene rings is 1. The van der Waals surface area contributed by atoms with Gasteiger partial charge in [-0.15, -0.1) is 11.3 Å². The van der Waals surface area contributed by atoms with E-state index in [4.69, 9.17) is 11.6 Å². The zero-order valence-corrected chi connectivity index (χ0v) is 9.28. The van der Waals surface area contributed by atoms with Gasteiger partial charge in [0.25, 0.3) is 5.91 Å². The number of hydrogen-bond donors (Lipinski definition) is 0. The third kappa shape index (κ3) is 2.71. The lowest BCUT2D eigenvalue weighted by atomic mass is 10.3. The molecule has 1 heterocycles. The Hall–Kier alpha value is -0.540.